The van der Waals surface area contributed by atoms with Crippen LogP contribution in [0.4, 0.5) is 5.69 Å². The zero-order valence-electron chi connectivity index (χ0n) is 12.3. The average molecular weight is 306 g/mol. The Balaban J connectivity index is 1.75. The minimum absolute atomic E-state index is 0.0309. The van der Waals surface area contributed by atoms with E-state index in [1.165, 1.54) is 0 Å². The average Bonchev–Trinajstić information content (AvgIpc) is 2.40. The molecule has 1 aromatic rings. The lowest BCUT2D eigenvalue weighted by atomic mass is 10.2. The summed E-state index contributed by atoms with van der Waals surface area (Å²) in [5, 5.41) is 2.94. The summed E-state index contributed by atoms with van der Waals surface area (Å²) in [5.41, 5.74) is 7.54. The molecule has 0 aromatic heterocycles. The number of thiocarbonyl (C=S) groups is 1. The van der Waals surface area contributed by atoms with E-state index in [0.29, 0.717) is 18.1 Å². The van der Waals surface area contributed by atoms with Crippen molar-refractivity contribution in [2.24, 2.45) is 5.73 Å². The Labute approximate surface area is 131 Å². The monoisotopic (exact) mass is 306 g/mol. The smallest absolute Gasteiger partial charge is 0.238 e. The predicted molar refractivity (Wildman–Crippen MR) is 89.5 cm³/mol. The van der Waals surface area contributed by atoms with E-state index in [4.69, 9.17) is 18.0 Å². The van der Waals surface area contributed by atoms with Gasteiger partial charge in [-0.15, -0.1) is 0 Å². The molecule has 6 heteroatoms. The third kappa shape index (κ3) is 5.41. The minimum Gasteiger partial charge on any atom is -0.392 e. The molecule has 0 atom stereocenters. The lowest BCUT2D eigenvalue weighted by Gasteiger charge is -2.33. The Kier molecular flexibility index (Phi) is 5.67. The van der Waals surface area contributed by atoms with Crippen molar-refractivity contribution in [3.8, 4) is 0 Å². The molecule has 2 rings (SSSR count). The van der Waals surface area contributed by atoms with Gasteiger partial charge < -0.3 is 11.1 Å². The number of hydrogen-bond donors (Lipinski definition) is 2. The molecule has 21 heavy (non-hydrogen) atoms. The molecule has 1 aromatic carbocycles. The van der Waals surface area contributed by atoms with Gasteiger partial charge in [-0.1, -0.05) is 24.4 Å². The van der Waals surface area contributed by atoms with Crippen molar-refractivity contribution >= 4 is 28.8 Å². The zero-order chi connectivity index (χ0) is 15.2. The van der Waals surface area contributed by atoms with Crippen LogP contribution in [0.15, 0.2) is 24.3 Å². The second kappa shape index (κ2) is 7.49. The first-order chi connectivity index (χ1) is 10.0. The molecule has 114 valence electrons. The van der Waals surface area contributed by atoms with E-state index in [2.05, 4.69) is 15.1 Å². The van der Waals surface area contributed by atoms with Crippen molar-refractivity contribution in [1.29, 1.82) is 0 Å². The number of rotatable bonds is 5. The standard InChI is InChI=1S/C15H22N4OS/c1-12-3-2-4-13(9-12)17-15(20)11-19-7-5-18(6-8-19)10-14(16)21/h2-4,9H,5-8,10-11H2,1H3,(H2,16,21)(H,17,20). The Morgan fingerprint density at radius 3 is 2.43 bits per heavy atom. The molecule has 1 aliphatic rings. The van der Waals surface area contributed by atoms with Crippen LogP contribution < -0.4 is 11.1 Å². The van der Waals surface area contributed by atoms with Crippen LogP contribution in [0.25, 0.3) is 0 Å². The van der Waals surface area contributed by atoms with E-state index in [9.17, 15) is 4.79 Å². The number of piperazine rings is 1. The van der Waals surface area contributed by atoms with Crippen LogP contribution >= 0.6 is 12.2 Å². The predicted octanol–water partition coefficient (Wildman–Crippen LogP) is 0.837. The number of aryl methyl sites for hydroxylation is 1. The van der Waals surface area contributed by atoms with Gasteiger partial charge in [0, 0.05) is 38.4 Å². The summed E-state index contributed by atoms with van der Waals surface area (Å²) in [6.45, 7) is 6.63. The fraction of sp³-hybridized carbons (Fsp3) is 0.467. The number of amides is 1. The topological polar surface area (TPSA) is 61.6 Å². The molecule has 3 N–H and O–H groups in total. The number of nitrogens with two attached hydrogens (primary N) is 1. The summed E-state index contributed by atoms with van der Waals surface area (Å²) < 4.78 is 0. The molecule has 1 heterocycles. The number of nitrogens with one attached hydrogen (secondary N) is 1. The SMILES string of the molecule is Cc1cccc(NC(=O)CN2CCN(CC(N)=S)CC2)c1. The molecule has 1 aliphatic heterocycles. The van der Waals surface area contributed by atoms with E-state index in [0.717, 1.165) is 37.4 Å². The second-order valence-electron chi connectivity index (χ2n) is 5.44. The zero-order valence-corrected chi connectivity index (χ0v) is 13.2. The Morgan fingerprint density at radius 1 is 1.24 bits per heavy atom. The number of anilines is 1. The Morgan fingerprint density at radius 2 is 1.86 bits per heavy atom. The highest BCUT2D eigenvalue weighted by Gasteiger charge is 2.19. The highest BCUT2D eigenvalue weighted by molar-refractivity contribution is 7.80. The number of carbonyl (C=O) groups excluding carboxylic acids is 1. The van der Waals surface area contributed by atoms with E-state index in [1.54, 1.807) is 0 Å². The van der Waals surface area contributed by atoms with Crippen molar-refractivity contribution in [1.82, 2.24) is 9.80 Å². The van der Waals surface area contributed by atoms with Crippen LogP contribution in [0.3, 0.4) is 0 Å². The number of carbonyl (C=O) groups is 1. The molecule has 0 radical (unpaired) electrons. The summed E-state index contributed by atoms with van der Waals surface area (Å²) in [5.74, 6) is 0.0309. The maximum atomic E-state index is 12.0. The van der Waals surface area contributed by atoms with Crippen molar-refractivity contribution in [2.75, 3.05) is 44.6 Å². The quantitative estimate of drug-likeness (QED) is 0.789. The van der Waals surface area contributed by atoms with E-state index >= 15 is 0 Å². The van der Waals surface area contributed by atoms with Gasteiger partial charge in [0.25, 0.3) is 0 Å². The summed E-state index contributed by atoms with van der Waals surface area (Å²) in [4.78, 5) is 16.9. The summed E-state index contributed by atoms with van der Waals surface area (Å²) in [6, 6.07) is 7.83. The van der Waals surface area contributed by atoms with Gasteiger partial charge in [0.05, 0.1) is 11.5 Å². The largest absolute Gasteiger partial charge is 0.392 e. The van der Waals surface area contributed by atoms with Gasteiger partial charge in [-0.25, -0.2) is 0 Å². The molecule has 1 fully saturated rings. The lowest BCUT2D eigenvalue weighted by Crippen LogP contribution is -2.50. The highest BCUT2D eigenvalue weighted by atomic mass is 32.1. The minimum atomic E-state index is 0.0309. The Hall–Kier alpha value is -1.50. The lowest BCUT2D eigenvalue weighted by molar-refractivity contribution is -0.117. The van der Waals surface area contributed by atoms with Crippen LogP contribution in [-0.2, 0) is 4.79 Å². The van der Waals surface area contributed by atoms with E-state index in [1.807, 2.05) is 31.2 Å². The van der Waals surface area contributed by atoms with Crippen molar-refractivity contribution in [3.05, 3.63) is 29.8 Å². The summed E-state index contributed by atoms with van der Waals surface area (Å²) in [7, 11) is 0. The highest BCUT2D eigenvalue weighted by Crippen LogP contribution is 2.09. The fourth-order valence-electron chi connectivity index (χ4n) is 2.45. The van der Waals surface area contributed by atoms with Gasteiger partial charge in [0.1, 0.15) is 0 Å². The third-order valence-electron chi connectivity index (χ3n) is 3.51. The van der Waals surface area contributed by atoms with Crippen LogP contribution in [0.1, 0.15) is 5.56 Å². The van der Waals surface area contributed by atoms with Crippen molar-refractivity contribution in [3.63, 3.8) is 0 Å². The van der Waals surface area contributed by atoms with Crippen LogP contribution in [0.5, 0.6) is 0 Å². The number of hydrogen-bond acceptors (Lipinski definition) is 4. The first-order valence-corrected chi connectivity index (χ1v) is 7.53. The maximum absolute atomic E-state index is 12.0. The summed E-state index contributed by atoms with van der Waals surface area (Å²) in [6.07, 6.45) is 0. The van der Waals surface area contributed by atoms with Gasteiger partial charge in [0.15, 0.2) is 0 Å². The molecular formula is C15H22N4OS. The summed E-state index contributed by atoms with van der Waals surface area (Å²) >= 11 is 4.92. The first kappa shape index (κ1) is 15.9. The van der Waals surface area contributed by atoms with Gasteiger partial charge in [-0.2, -0.15) is 0 Å². The molecule has 5 nitrogen and oxygen atoms in total. The molecule has 1 saturated heterocycles. The van der Waals surface area contributed by atoms with Crippen molar-refractivity contribution < 1.29 is 4.79 Å². The third-order valence-corrected chi connectivity index (χ3v) is 3.64. The molecule has 0 saturated carbocycles. The molecule has 0 bridgehead atoms. The van der Waals surface area contributed by atoms with Crippen LogP contribution in [0, 0.1) is 6.92 Å². The van der Waals surface area contributed by atoms with Gasteiger partial charge >= 0.3 is 0 Å². The van der Waals surface area contributed by atoms with E-state index < -0.39 is 0 Å². The molecule has 0 aliphatic carbocycles. The number of benzene rings is 1. The van der Waals surface area contributed by atoms with Gasteiger partial charge in [-0.3, -0.25) is 14.6 Å². The van der Waals surface area contributed by atoms with E-state index in [-0.39, 0.29) is 5.91 Å². The molecular weight excluding hydrogens is 284 g/mol. The van der Waals surface area contributed by atoms with Crippen LogP contribution in [0.2, 0.25) is 0 Å². The number of nitrogens with zero attached hydrogens (tertiary/aromatic N) is 2. The first-order valence-electron chi connectivity index (χ1n) is 7.12. The molecule has 0 spiro atoms. The Bertz CT molecular complexity index is 512. The molecule has 1 amide bonds. The fourth-order valence-corrected chi connectivity index (χ4v) is 2.63. The van der Waals surface area contributed by atoms with Gasteiger partial charge in [-0.05, 0) is 24.6 Å². The second-order valence-corrected chi connectivity index (χ2v) is 5.96. The normalized spacial score (nSPS) is 16.6. The van der Waals surface area contributed by atoms with Gasteiger partial charge in [0.2, 0.25) is 5.91 Å². The van der Waals surface area contributed by atoms with Crippen LogP contribution in [-0.4, -0.2) is 60.0 Å². The van der Waals surface area contributed by atoms with Crippen molar-refractivity contribution in [2.45, 2.75) is 6.92 Å². The maximum Gasteiger partial charge on any atom is 0.238 e. The molecule has 0 unspecified atom stereocenters.